The molecule has 1 nitrogen and oxygen atoms in total. The highest BCUT2D eigenvalue weighted by molar-refractivity contribution is 6.22. The molecule has 0 fully saturated rings. The second kappa shape index (κ2) is 12.4. The van der Waals surface area contributed by atoms with E-state index >= 15 is 0 Å². The summed E-state index contributed by atoms with van der Waals surface area (Å²) < 4.78 is 6.50. The minimum Gasteiger partial charge on any atom is -0.455 e. The lowest BCUT2D eigenvalue weighted by Gasteiger charge is -2.22. The quantitative estimate of drug-likeness (QED) is 0.164. The fourth-order valence-electron chi connectivity index (χ4n) is 10.2. The third kappa shape index (κ3) is 4.71. The zero-order valence-corrected chi connectivity index (χ0v) is 32.4. The van der Waals surface area contributed by atoms with Gasteiger partial charge in [0.25, 0.3) is 0 Å². The molecular weight excluding hydrogens is 701 g/mol. The largest absolute Gasteiger partial charge is 0.455 e. The Bertz CT molecular complexity index is 3430. The van der Waals surface area contributed by atoms with Crippen LogP contribution in [0.3, 0.4) is 0 Å². The van der Waals surface area contributed by atoms with Gasteiger partial charge in [-0.1, -0.05) is 190 Å². The minimum atomic E-state index is -0.0968. The second-order valence-electron chi connectivity index (χ2n) is 16.3. The van der Waals surface area contributed by atoms with E-state index in [1.54, 1.807) is 0 Å². The number of rotatable bonds is 4. The summed E-state index contributed by atoms with van der Waals surface area (Å²) in [5.74, 6) is 0. The first kappa shape index (κ1) is 33.0. The molecule has 10 aromatic carbocycles. The van der Waals surface area contributed by atoms with Crippen molar-refractivity contribution in [2.75, 3.05) is 0 Å². The third-order valence-corrected chi connectivity index (χ3v) is 12.9. The normalized spacial score (nSPS) is 13.1. The van der Waals surface area contributed by atoms with E-state index in [1.165, 1.54) is 88.0 Å². The van der Waals surface area contributed by atoms with Crippen molar-refractivity contribution in [1.29, 1.82) is 0 Å². The van der Waals surface area contributed by atoms with Crippen molar-refractivity contribution in [3.63, 3.8) is 0 Å². The molecule has 12 rings (SSSR count). The minimum absolute atomic E-state index is 0.0968. The van der Waals surface area contributed by atoms with Gasteiger partial charge in [0.05, 0.1) is 0 Å². The molecule has 11 aromatic rings. The summed E-state index contributed by atoms with van der Waals surface area (Å²) in [4.78, 5) is 0. The first-order valence-corrected chi connectivity index (χ1v) is 20.3. The van der Waals surface area contributed by atoms with Gasteiger partial charge in [0.1, 0.15) is 11.2 Å². The van der Waals surface area contributed by atoms with Crippen molar-refractivity contribution >= 4 is 54.3 Å². The lowest BCUT2D eigenvalue weighted by atomic mass is 9.81. The van der Waals surface area contributed by atoms with Crippen LogP contribution in [0.1, 0.15) is 25.0 Å². The Morgan fingerprint density at radius 2 is 0.810 bits per heavy atom. The van der Waals surface area contributed by atoms with Crippen LogP contribution in [0.2, 0.25) is 0 Å². The highest BCUT2D eigenvalue weighted by Gasteiger charge is 2.38. The van der Waals surface area contributed by atoms with E-state index in [1.807, 2.05) is 6.07 Å². The molecule has 0 bridgehead atoms. The smallest absolute Gasteiger partial charge is 0.143 e. The second-order valence-corrected chi connectivity index (χ2v) is 16.3. The van der Waals surface area contributed by atoms with Gasteiger partial charge in [-0.2, -0.15) is 0 Å². The molecule has 1 aromatic heterocycles. The van der Waals surface area contributed by atoms with Gasteiger partial charge >= 0.3 is 0 Å². The molecule has 0 radical (unpaired) electrons. The summed E-state index contributed by atoms with van der Waals surface area (Å²) in [6, 6.07) is 71.4. The Morgan fingerprint density at radius 1 is 0.328 bits per heavy atom. The summed E-state index contributed by atoms with van der Waals surface area (Å²) in [5.41, 5.74) is 16.9. The average molecular weight is 739 g/mol. The van der Waals surface area contributed by atoms with Gasteiger partial charge in [-0.25, -0.2) is 0 Å². The topological polar surface area (TPSA) is 13.1 Å². The predicted octanol–water partition coefficient (Wildman–Crippen LogP) is 16.0. The van der Waals surface area contributed by atoms with Crippen LogP contribution in [0.5, 0.6) is 0 Å². The van der Waals surface area contributed by atoms with Gasteiger partial charge in [-0.3, -0.25) is 0 Å². The molecule has 58 heavy (non-hydrogen) atoms. The maximum absolute atomic E-state index is 6.50. The summed E-state index contributed by atoms with van der Waals surface area (Å²) >= 11 is 0. The predicted molar refractivity (Wildman–Crippen MR) is 246 cm³/mol. The molecule has 272 valence electrons. The number of fused-ring (bicyclic) bond motifs is 10. The molecule has 0 atom stereocenters. The molecule has 1 aliphatic carbocycles. The maximum Gasteiger partial charge on any atom is 0.143 e. The molecular formula is C57H38O. The van der Waals surface area contributed by atoms with Crippen molar-refractivity contribution in [2.45, 2.75) is 19.3 Å². The molecule has 0 N–H and O–H groups in total. The molecule has 0 aliphatic heterocycles. The third-order valence-electron chi connectivity index (χ3n) is 12.9. The van der Waals surface area contributed by atoms with Crippen molar-refractivity contribution in [3.8, 4) is 55.6 Å². The Kier molecular flexibility index (Phi) is 7.04. The maximum atomic E-state index is 6.50. The van der Waals surface area contributed by atoms with Crippen molar-refractivity contribution < 1.29 is 4.42 Å². The number of furan rings is 1. The SMILES string of the molecule is CC1(C)c2cccc(-c3cccc(-c4c5ccccc5c(-c5cccc(-c6cccc7c6oc6ccccc67)c5)c5ccccc45)c3)c2-c2c1ccc1ccccc21. The standard InChI is InChI=1S/C57H38O/c1-57(2)49-29-14-26-41(55(49)54-40-20-4-3-15-35(40)31-32-50(54)57)36-16-11-18-38(33-36)52-44-22-5-7-24-46(44)53(47-25-8-6-23-45(47)52)39-19-12-17-37(34-39)42-27-13-28-48-43-21-9-10-30-51(43)58-56(42)48/h3-34H,1-2H3. The lowest BCUT2D eigenvalue weighted by Crippen LogP contribution is -2.14. The van der Waals surface area contributed by atoms with Crippen LogP contribution in [0.15, 0.2) is 199 Å². The van der Waals surface area contributed by atoms with Crippen molar-refractivity contribution in [3.05, 3.63) is 205 Å². The van der Waals surface area contributed by atoms with E-state index in [0.717, 1.165) is 33.1 Å². The van der Waals surface area contributed by atoms with Gasteiger partial charge in [-0.15, -0.1) is 0 Å². The Labute approximate surface area is 337 Å². The first-order chi connectivity index (χ1) is 28.5. The Morgan fingerprint density at radius 3 is 1.48 bits per heavy atom. The van der Waals surface area contributed by atoms with E-state index < -0.39 is 0 Å². The van der Waals surface area contributed by atoms with Gasteiger partial charge in [0, 0.05) is 21.8 Å². The van der Waals surface area contributed by atoms with Gasteiger partial charge < -0.3 is 4.42 Å². The summed E-state index contributed by atoms with van der Waals surface area (Å²) in [5, 5.41) is 9.85. The molecule has 0 amide bonds. The van der Waals surface area contributed by atoms with E-state index in [-0.39, 0.29) is 5.41 Å². The van der Waals surface area contributed by atoms with E-state index in [2.05, 4.69) is 202 Å². The average Bonchev–Trinajstić information content (AvgIpc) is 3.77. The number of para-hydroxylation sites is 2. The highest BCUT2D eigenvalue weighted by Crippen LogP contribution is 2.55. The fourth-order valence-corrected chi connectivity index (χ4v) is 10.2. The van der Waals surface area contributed by atoms with Crippen LogP contribution in [0.4, 0.5) is 0 Å². The molecule has 0 spiro atoms. The van der Waals surface area contributed by atoms with E-state index in [0.29, 0.717) is 0 Å². The molecule has 0 unspecified atom stereocenters. The zero-order valence-electron chi connectivity index (χ0n) is 32.4. The summed E-state index contributed by atoms with van der Waals surface area (Å²) in [6.07, 6.45) is 0. The molecule has 1 heteroatoms. The molecule has 1 heterocycles. The number of benzene rings is 10. The summed E-state index contributed by atoms with van der Waals surface area (Å²) in [7, 11) is 0. The fraction of sp³-hybridized carbons (Fsp3) is 0.0526. The van der Waals surface area contributed by atoms with Gasteiger partial charge in [0.15, 0.2) is 0 Å². The Hall–Kier alpha value is -7.22. The molecule has 1 aliphatic rings. The van der Waals surface area contributed by atoms with Crippen LogP contribution >= 0.6 is 0 Å². The van der Waals surface area contributed by atoms with E-state index in [9.17, 15) is 0 Å². The number of hydrogen-bond donors (Lipinski definition) is 0. The Balaban J connectivity index is 1.06. The van der Waals surface area contributed by atoms with Gasteiger partial charge in [0.2, 0.25) is 0 Å². The highest BCUT2D eigenvalue weighted by atomic mass is 16.3. The number of hydrogen-bond acceptors (Lipinski definition) is 1. The van der Waals surface area contributed by atoms with Crippen molar-refractivity contribution in [2.24, 2.45) is 0 Å². The van der Waals surface area contributed by atoms with Crippen LogP contribution in [0, 0.1) is 0 Å². The van der Waals surface area contributed by atoms with Crippen LogP contribution in [-0.4, -0.2) is 0 Å². The molecule has 0 saturated heterocycles. The van der Waals surface area contributed by atoms with Crippen LogP contribution in [0.25, 0.3) is 110 Å². The lowest BCUT2D eigenvalue weighted by molar-refractivity contribution is 0.661. The van der Waals surface area contributed by atoms with Crippen LogP contribution in [-0.2, 0) is 5.41 Å². The monoisotopic (exact) mass is 738 g/mol. The van der Waals surface area contributed by atoms with Crippen molar-refractivity contribution in [1.82, 2.24) is 0 Å². The zero-order chi connectivity index (χ0) is 38.5. The first-order valence-electron chi connectivity index (χ1n) is 20.3. The van der Waals surface area contributed by atoms with Crippen LogP contribution < -0.4 is 0 Å². The molecule has 0 saturated carbocycles. The van der Waals surface area contributed by atoms with Gasteiger partial charge in [-0.05, 0) is 112 Å². The van der Waals surface area contributed by atoms with E-state index in [4.69, 9.17) is 4.42 Å². The summed E-state index contributed by atoms with van der Waals surface area (Å²) in [6.45, 7) is 4.75.